The highest BCUT2D eigenvalue weighted by atomic mass is 35.5. The fourth-order valence-corrected chi connectivity index (χ4v) is 2.20. The molecule has 1 aromatic carbocycles. The van der Waals surface area contributed by atoms with E-state index in [1.165, 1.54) is 0 Å². The zero-order chi connectivity index (χ0) is 21.5. The van der Waals surface area contributed by atoms with Gasteiger partial charge in [0.05, 0.1) is 17.0 Å². The lowest BCUT2D eigenvalue weighted by Gasteiger charge is -2.12. The highest BCUT2D eigenvalue weighted by molar-refractivity contribution is 7.85. The third-order valence-electron chi connectivity index (χ3n) is 3.36. The van der Waals surface area contributed by atoms with E-state index in [1.807, 2.05) is 33.0 Å². The Morgan fingerprint density at radius 2 is 1.86 bits per heavy atom. The molecule has 0 bridgehead atoms. The van der Waals surface area contributed by atoms with Gasteiger partial charge in [0.2, 0.25) is 5.95 Å². The second-order valence-electron chi connectivity index (χ2n) is 5.70. The number of hydrogen-bond donors (Lipinski definition) is 3. The van der Waals surface area contributed by atoms with Crippen molar-refractivity contribution in [1.29, 1.82) is 0 Å². The van der Waals surface area contributed by atoms with E-state index in [0.29, 0.717) is 29.2 Å². The maximum absolute atomic E-state index is 9.19. The van der Waals surface area contributed by atoms with Gasteiger partial charge in [0.1, 0.15) is 11.5 Å². The molecule has 0 amide bonds. The van der Waals surface area contributed by atoms with Crippen LogP contribution in [0.4, 0.5) is 17.5 Å². The number of rotatable bonds is 5. The third kappa shape index (κ3) is 7.62. The van der Waals surface area contributed by atoms with Crippen LogP contribution in [-0.2, 0) is 16.5 Å². The van der Waals surface area contributed by atoms with E-state index in [4.69, 9.17) is 27.6 Å². The minimum Gasteiger partial charge on any atom is -0.383 e. The highest BCUT2D eigenvalue weighted by Gasteiger charge is 2.14. The lowest BCUT2D eigenvalue weighted by atomic mass is 10.0. The molecule has 0 unspecified atom stereocenters. The molecule has 0 aliphatic carbocycles. The summed E-state index contributed by atoms with van der Waals surface area (Å²) in [4.78, 5) is 8.31. The van der Waals surface area contributed by atoms with Crippen molar-refractivity contribution < 1.29 is 13.0 Å². The molecule has 0 radical (unpaired) electrons. The first-order valence-electron chi connectivity index (χ1n) is 8.23. The molecule has 2 aromatic rings. The van der Waals surface area contributed by atoms with Crippen LogP contribution in [0.15, 0.2) is 28.5 Å². The predicted molar refractivity (Wildman–Crippen MR) is 111 cm³/mol. The van der Waals surface area contributed by atoms with Gasteiger partial charge in [-0.3, -0.25) is 9.56 Å². The van der Waals surface area contributed by atoms with E-state index in [2.05, 4.69) is 20.3 Å². The number of aromatic nitrogens is 2. The summed E-state index contributed by atoms with van der Waals surface area (Å²) in [5.41, 5.74) is 14.6. The number of hydrogen-bond acceptors (Lipinski definition) is 8. The van der Waals surface area contributed by atoms with Crippen molar-refractivity contribution >= 4 is 39.2 Å². The van der Waals surface area contributed by atoms with Crippen LogP contribution >= 0.6 is 11.6 Å². The SMILES string of the molecule is CCc1nc(N)nc(N)c1-c1ccc(Cl)c(N=NN(C)CC)c1.CS(=O)(=O)O. The quantitative estimate of drug-likeness (QED) is 0.371. The smallest absolute Gasteiger partial charge is 0.261 e. The topological polar surface area (TPSA) is 160 Å². The number of nitrogen functional groups attached to an aromatic ring is 2. The first kappa shape index (κ1) is 23.5. The van der Waals surface area contributed by atoms with E-state index in [-0.39, 0.29) is 5.95 Å². The van der Waals surface area contributed by atoms with Gasteiger partial charge >= 0.3 is 0 Å². The van der Waals surface area contributed by atoms with Crippen molar-refractivity contribution in [2.75, 3.05) is 31.3 Å². The molecule has 0 aliphatic heterocycles. The minimum absolute atomic E-state index is 0.168. The maximum atomic E-state index is 9.19. The number of halogens is 1. The van der Waals surface area contributed by atoms with Gasteiger partial charge in [0, 0.05) is 19.2 Å². The third-order valence-corrected chi connectivity index (χ3v) is 3.68. The van der Waals surface area contributed by atoms with Crippen LogP contribution in [0.3, 0.4) is 0 Å². The Hall–Kier alpha value is -2.50. The molecule has 2 rings (SSSR count). The van der Waals surface area contributed by atoms with Crippen LogP contribution in [0.25, 0.3) is 11.1 Å². The van der Waals surface area contributed by atoms with Gasteiger partial charge in [-0.25, -0.2) is 4.98 Å². The van der Waals surface area contributed by atoms with Crippen molar-refractivity contribution in [2.24, 2.45) is 10.3 Å². The molecule has 0 saturated heterocycles. The summed E-state index contributed by atoms with van der Waals surface area (Å²) in [5.74, 6) is 0.506. The van der Waals surface area contributed by atoms with Crippen molar-refractivity contribution in [3.05, 3.63) is 28.9 Å². The average Bonchev–Trinajstić information content (AvgIpc) is 2.59. The lowest BCUT2D eigenvalue weighted by molar-refractivity contribution is 0.351. The molecule has 0 saturated carbocycles. The molecule has 10 nitrogen and oxygen atoms in total. The molecule has 154 valence electrons. The Bertz CT molecular complexity index is 943. The highest BCUT2D eigenvalue weighted by Crippen LogP contribution is 2.35. The maximum Gasteiger partial charge on any atom is 0.261 e. The van der Waals surface area contributed by atoms with Crippen LogP contribution < -0.4 is 11.5 Å². The molecule has 1 aromatic heterocycles. The number of nitrogens with two attached hydrogens (primary N) is 2. The van der Waals surface area contributed by atoms with E-state index >= 15 is 0 Å². The van der Waals surface area contributed by atoms with Gasteiger partial charge in [-0.05, 0) is 31.0 Å². The predicted octanol–water partition coefficient (Wildman–Crippen LogP) is 2.98. The van der Waals surface area contributed by atoms with Crippen LogP contribution in [0.1, 0.15) is 19.5 Å². The molecule has 1 heterocycles. The van der Waals surface area contributed by atoms with E-state index in [9.17, 15) is 8.42 Å². The zero-order valence-corrected chi connectivity index (χ0v) is 17.7. The fraction of sp³-hybridized carbons (Fsp3) is 0.375. The van der Waals surface area contributed by atoms with E-state index < -0.39 is 10.1 Å². The standard InChI is InChI=1S/C15H20ClN7.CH4O3S/c1-4-11-13(14(17)20-15(18)19-11)9-6-7-10(16)12(8-9)21-22-23(3)5-2;1-5(2,3)4/h6-8H,4-5H2,1-3H3,(H4,17,18,19,20);1H3,(H,2,3,4). The molecule has 0 fully saturated rings. The Kier molecular flexibility index (Phi) is 8.54. The van der Waals surface area contributed by atoms with E-state index in [0.717, 1.165) is 23.4 Å². The number of nitrogens with zero attached hydrogens (tertiary/aromatic N) is 5. The van der Waals surface area contributed by atoms with Gasteiger partial charge in [-0.2, -0.15) is 13.4 Å². The van der Waals surface area contributed by atoms with Crippen LogP contribution in [0.5, 0.6) is 0 Å². The largest absolute Gasteiger partial charge is 0.383 e. The first-order chi connectivity index (χ1) is 13.0. The second-order valence-corrected chi connectivity index (χ2v) is 7.58. The second kappa shape index (κ2) is 10.2. The summed E-state index contributed by atoms with van der Waals surface area (Å²) in [5, 5.41) is 10.5. The van der Waals surface area contributed by atoms with Crippen molar-refractivity contribution in [3.8, 4) is 11.1 Å². The monoisotopic (exact) mass is 429 g/mol. The summed E-state index contributed by atoms with van der Waals surface area (Å²) in [6, 6.07) is 5.43. The van der Waals surface area contributed by atoms with Gasteiger partial charge in [0.25, 0.3) is 10.1 Å². The van der Waals surface area contributed by atoms with Gasteiger partial charge < -0.3 is 11.5 Å². The van der Waals surface area contributed by atoms with Crippen LogP contribution in [-0.4, -0.2) is 47.8 Å². The Balaban J connectivity index is 0.000000696. The summed E-state index contributed by atoms with van der Waals surface area (Å²) < 4.78 is 25.9. The summed E-state index contributed by atoms with van der Waals surface area (Å²) in [6.07, 6.45) is 1.40. The van der Waals surface area contributed by atoms with Crippen LogP contribution in [0.2, 0.25) is 5.02 Å². The molecular formula is C16H24ClN7O3S. The molecule has 0 spiro atoms. The lowest BCUT2D eigenvalue weighted by Crippen LogP contribution is -2.07. The van der Waals surface area contributed by atoms with Crippen molar-refractivity contribution in [1.82, 2.24) is 15.0 Å². The Morgan fingerprint density at radius 1 is 1.25 bits per heavy atom. The van der Waals surface area contributed by atoms with Gasteiger partial charge in [0.15, 0.2) is 0 Å². The van der Waals surface area contributed by atoms with Gasteiger partial charge in [-0.15, -0.1) is 5.11 Å². The molecule has 0 atom stereocenters. The summed E-state index contributed by atoms with van der Waals surface area (Å²) in [6.45, 7) is 4.72. The van der Waals surface area contributed by atoms with E-state index in [1.54, 1.807) is 11.1 Å². The van der Waals surface area contributed by atoms with Crippen molar-refractivity contribution in [2.45, 2.75) is 20.3 Å². The molecule has 5 N–H and O–H groups in total. The van der Waals surface area contributed by atoms with Crippen LogP contribution in [0, 0.1) is 0 Å². The first-order valence-corrected chi connectivity index (χ1v) is 10.5. The minimum atomic E-state index is -3.67. The Labute approximate surface area is 169 Å². The average molecular weight is 430 g/mol. The normalized spacial score (nSPS) is 11.2. The molecular weight excluding hydrogens is 406 g/mol. The summed E-state index contributed by atoms with van der Waals surface area (Å²) >= 11 is 6.19. The van der Waals surface area contributed by atoms with Crippen molar-refractivity contribution in [3.63, 3.8) is 0 Å². The molecule has 28 heavy (non-hydrogen) atoms. The number of benzene rings is 1. The van der Waals surface area contributed by atoms with Gasteiger partial charge in [-0.1, -0.05) is 29.8 Å². The number of aryl methyl sites for hydroxylation is 1. The molecule has 0 aliphatic rings. The Morgan fingerprint density at radius 3 is 2.39 bits per heavy atom. The summed E-state index contributed by atoms with van der Waals surface area (Å²) in [7, 11) is -1.83. The zero-order valence-electron chi connectivity index (χ0n) is 16.1. The molecule has 12 heteroatoms. The fourth-order valence-electron chi connectivity index (χ4n) is 2.05. The number of anilines is 2.